The Bertz CT molecular complexity index is 3170. The predicted octanol–water partition coefficient (Wildman–Crippen LogP) is 11.5. The Morgan fingerprint density at radius 2 is 0.714 bits per heavy atom. The summed E-state index contributed by atoms with van der Waals surface area (Å²) in [5.41, 5.74) is 10.4. The van der Waals surface area contributed by atoms with Gasteiger partial charge in [-0.2, -0.15) is 0 Å². The van der Waals surface area contributed by atoms with Crippen molar-refractivity contribution in [1.29, 1.82) is 0 Å². The minimum absolute atomic E-state index is 0.514. The molecule has 7 aromatic carbocycles. The van der Waals surface area contributed by atoms with Gasteiger partial charge in [-0.25, -0.2) is 24.9 Å². The number of hydrogen-bond acceptors (Lipinski definition) is 5. The number of aromatic nitrogens is 7. The lowest BCUT2D eigenvalue weighted by molar-refractivity contribution is 0.982. The highest BCUT2D eigenvalue weighted by atomic mass is 15.2. The Kier molecular flexibility index (Phi) is 7.35. The molecule has 0 saturated heterocycles. The van der Waals surface area contributed by atoms with Gasteiger partial charge in [-0.15, -0.1) is 0 Å². The minimum atomic E-state index is 0.514. The molecule has 4 heterocycles. The number of rotatable bonds is 6. The second-order valence-electron chi connectivity index (χ2n) is 13.8. The maximum absolute atomic E-state index is 4.92. The molecule has 0 radical (unpaired) electrons. The van der Waals surface area contributed by atoms with Crippen molar-refractivity contribution >= 4 is 43.6 Å². The third kappa shape index (κ3) is 5.25. The zero-order chi connectivity index (χ0) is 37.0. The van der Waals surface area contributed by atoms with Crippen molar-refractivity contribution in [3.8, 4) is 56.9 Å². The molecule has 4 aromatic heterocycles. The van der Waals surface area contributed by atoms with Gasteiger partial charge in [0.05, 0.1) is 27.6 Å². The first kappa shape index (κ1) is 31.7. The lowest BCUT2D eigenvalue weighted by atomic mass is 10.0. The summed E-state index contributed by atoms with van der Waals surface area (Å²) in [5.74, 6) is 2.28. The molecule has 0 spiro atoms. The molecule has 0 aliphatic carbocycles. The first-order chi connectivity index (χ1) is 27.8. The van der Waals surface area contributed by atoms with Crippen LogP contribution < -0.4 is 0 Å². The van der Waals surface area contributed by atoms with Crippen LogP contribution in [0.1, 0.15) is 0 Å². The quantitative estimate of drug-likeness (QED) is 0.171. The van der Waals surface area contributed by atoms with Gasteiger partial charge < -0.3 is 4.57 Å². The van der Waals surface area contributed by atoms with E-state index in [0.717, 1.165) is 49.7 Å². The molecule has 7 heteroatoms. The zero-order valence-electron chi connectivity index (χ0n) is 30.0. The highest BCUT2D eigenvalue weighted by Gasteiger charge is 2.18. The summed E-state index contributed by atoms with van der Waals surface area (Å²) in [5, 5.41) is 4.73. The lowest BCUT2D eigenvalue weighted by Crippen LogP contribution is -2.03. The number of fused-ring (bicyclic) bond motifs is 6. The summed E-state index contributed by atoms with van der Waals surface area (Å²) in [6.07, 6.45) is 3.61. The molecule has 0 saturated carbocycles. The molecule has 0 unspecified atom stereocenters. The fraction of sp³-hybridized carbons (Fsp3) is 0. The number of para-hydroxylation sites is 3. The molecule has 11 rings (SSSR count). The van der Waals surface area contributed by atoms with E-state index in [-0.39, 0.29) is 0 Å². The van der Waals surface area contributed by atoms with Crippen LogP contribution in [0.3, 0.4) is 0 Å². The summed E-state index contributed by atoms with van der Waals surface area (Å²) in [6, 6.07) is 61.1. The molecule has 0 aliphatic rings. The maximum Gasteiger partial charge on any atom is 0.234 e. The van der Waals surface area contributed by atoms with Crippen LogP contribution in [0.15, 0.2) is 188 Å². The summed E-state index contributed by atoms with van der Waals surface area (Å²) < 4.78 is 4.48. The van der Waals surface area contributed by atoms with Gasteiger partial charge in [0.1, 0.15) is 0 Å². The molecule has 0 atom stereocenters. The van der Waals surface area contributed by atoms with Crippen LogP contribution in [-0.2, 0) is 0 Å². The highest BCUT2D eigenvalue weighted by Crippen LogP contribution is 2.38. The molecule has 0 aliphatic heterocycles. The molecule has 11 aromatic rings. The molecule has 56 heavy (non-hydrogen) atoms. The largest absolute Gasteiger partial charge is 0.309 e. The Morgan fingerprint density at radius 3 is 1.25 bits per heavy atom. The maximum atomic E-state index is 4.92. The van der Waals surface area contributed by atoms with Crippen molar-refractivity contribution < 1.29 is 0 Å². The Morgan fingerprint density at radius 1 is 0.304 bits per heavy atom. The summed E-state index contributed by atoms with van der Waals surface area (Å²) in [4.78, 5) is 24.4. The Labute approximate surface area is 321 Å². The van der Waals surface area contributed by atoms with Gasteiger partial charge >= 0.3 is 0 Å². The van der Waals surface area contributed by atoms with Crippen molar-refractivity contribution in [1.82, 2.24) is 34.1 Å². The normalized spacial score (nSPS) is 11.6. The molecular weight excluding hydrogens is 687 g/mol. The number of nitrogens with zero attached hydrogens (tertiary/aromatic N) is 7. The van der Waals surface area contributed by atoms with E-state index in [9.17, 15) is 0 Å². The second-order valence-corrected chi connectivity index (χ2v) is 13.8. The van der Waals surface area contributed by atoms with E-state index in [2.05, 4.69) is 124 Å². The van der Waals surface area contributed by atoms with Crippen molar-refractivity contribution in [2.75, 3.05) is 0 Å². The van der Waals surface area contributed by atoms with Crippen LogP contribution in [0.2, 0.25) is 0 Å². The monoisotopic (exact) mass is 717 g/mol. The fourth-order valence-corrected chi connectivity index (χ4v) is 7.87. The summed E-state index contributed by atoms with van der Waals surface area (Å²) >= 11 is 0. The first-order valence-electron chi connectivity index (χ1n) is 18.6. The van der Waals surface area contributed by atoms with Crippen LogP contribution in [0.4, 0.5) is 0 Å². The smallest absolute Gasteiger partial charge is 0.234 e. The molecule has 0 bridgehead atoms. The van der Waals surface area contributed by atoms with E-state index in [4.69, 9.17) is 24.9 Å². The van der Waals surface area contributed by atoms with E-state index in [1.54, 1.807) is 12.4 Å². The Balaban J connectivity index is 1.01. The van der Waals surface area contributed by atoms with Crippen LogP contribution in [-0.4, -0.2) is 34.1 Å². The molecular formula is C49H31N7. The van der Waals surface area contributed by atoms with E-state index >= 15 is 0 Å². The van der Waals surface area contributed by atoms with Gasteiger partial charge in [0.25, 0.3) is 0 Å². The minimum Gasteiger partial charge on any atom is -0.309 e. The summed E-state index contributed by atoms with van der Waals surface area (Å²) in [7, 11) is 0. The highest BCUT2D eigenvalue weighted by molar-refractivity contribution is 6.12. The van der Waals surface area contributed by atoms with Gasteiger partial charge in [-0.05, 0) is 59.7 Å². The van der Waals surface area contributed by atoms with Gasteiger partial charge in [-0.3, -0.25) is 4.57 Å². The van der Waals surface area contributed by atoms with Crippen LogP contribution in [0, 0.1) is 0 Å². The van der Waals surface area contributed by atoms with E-state index in [0.29, 0.717) is 29.0 Å². The average Bonchev–Trinajstić information content (AvgIpc) is 3.79. The van der Waals surface area contributed by atoms with Crippen LogP contribution in [0.5, 0.6) is 0 Å². The van der Waals surface area contributed by atoms with Gasteiger partial charge in [0, 0.05) is 50.8 Å². The molecule has 0 amide bonds. The third-order valence-corrected chi connectivity index (χ3v) is 10.5. The summed E-state index contributed by atoms with van der Waals surface area (Å²) in [6.45, 7) is 0. The molecule has 0 N–H and O–H groups in total. The topological polar surface area (TPSA) is 74.3 Å². The van der Waals surface area contributed by atoms with E-state index in [1.807, 2.05) is 60.7 Å². The van der Waals surface area contributed by atoms with Gasteiger partial charge in [0.15, 0.2) is 17.5 Å². The first-order valence-corrected chi connectivity index (χ1v) is 18.6. The number of hydrogen-bond donors (Lipinski definition) is 0. The molecule has 7 nitrogen and oxygen atoms in total. The van der Waals surface area contributed by atoms with Crippen molar-refractivity contribution in [2.45, 2.75) is 0 Å². The lowest BCUT2D eigenvalue weighted by Gasteiger charge is -2.10. The standard InChI is InChI=1S/C49H31N7/c1-4-14-32(15-5-1)46-52-47(33-16-6-2-7-17-33)54-48(53-46)36-30-50-49(51-31-36)56-43-23-13-11-21-39(43)41-29-35(25-27-45(41)56)34-24-26-44-40(28-34)38-20-10-12-22-42(38)55(44)37-18-8-3-9-19-37/h1-31H. The SMILES string of the molecule is c1ccc(-c2nc(-c3ccccc3)nc(-c3cnc(-n4c5ccccc5c5cc(-c6ccc7c(c6)c6ccccc6n7-c6ccccc6)ccc54)nc3)n2)cc1. The molecule has 0 fully saturated rings. The zero-order valence-corrected chi connectivity index (χ0v) is 30.0. The molecule has 262 valence electrons. The average molecular weight is 718 g/mol. The van der Waals surface area contributed by atoms with Crippen molar-refractivity contribution in [3.05, 3.63) is 188 Å². The van der Waals surface area contributed by atoms with Crippen LogP contribution >= 0.6 is 0 Å². The van der Waals surface area contributed by atoms with Crippen molar-refractivity contribution in [3.63, 3.8) is 0 Å². The van der Waals surface area contributed by atoms with E-state index < -0.39 is 0 Å². The second kappa shape index (κ2) is 13.0. The fourth-order valence-electron chi connectivity index (χ4n) is 7.87. The van der Waals surface area contributed by atoms with Gasteiger partial charge in [0.2, 0.25) is 5.95 Å². The van der Waals surface area contributed by atoms with E-state index in [1.165, 1.54) is 21.8 Å². The van der Waals surface area contributed by atoms with Crippen molar-refractivity contribution in [2.24, 2.45) is 0 Å². The van der Waals surface area contributed by atoms with Crippen LogP contribution in [0.25, 0.3) is 101 Å². The predicted molar refractivity (Wildman–Crippen MR) is 226 cm³/mol. The van der Waals surface area contributed by atoms with Gasteiger partial charge in [-0.1, -0.05) is 127 Å². The third-order valence-electron chi connectivity index (χ3n) is 10.5. The Hall–Kier alpha value is -7.77. The number of benzene rings is 7.